The summed E-state index contributed by atoms with van der Waals surface area (Å²) in [7, 11) is 0. The van der Waals surface area contributed by atoms with Crippen molar-refractivity contribution < 1.29 is 14.3 Å². The molecule has 1 amide bonds. The van der Waals surface area contributed by atoms with Crippen molar-refractivity contribution in [2.75, 3.05) is 0 Å². The molecule has 1 N–H and O–H groups in total. The fourth-order valence-corrected chi connectivity index (χ4v) is 1.26. The second-order valence-corrected chi connectivity index (χ2v) is 4.05. The van der Waals surface area contributed by atoms with Crippen molar-refractivity contribution in [3.63, 3.8) is 0 Å². The Morgan fingerprint density at radius 2 is 1.71 bits per heavy atom. The Balaban J connectivity index is 2.55. The molecule has 0 saturated carbocycles. The van der Waals surface area contributed by atoms with E-state index < -0.39 is 12.0 Å². The van der Waals surface area contributed by atoms with Gasteiger partial charge in [-0.2, -0.15) is 0 Å². The molecule has 0 radical (unpaired) electrons. The molecule has 17 heavy (non-hydrogen) atoms. The Morgan fingerprint density at radius 1 is 1.12 bits per heavy atom. The predicted molar refractivity (Wildman–Crippen MR) is 64.6 cm³/mol. The third-order valence-corrected chi connectivity index (χ3v) is 2.09. The van der Waals surface area contributed by atoms with Crippen molar-refractivity contribution in [2.24, 2.45) is 0 Å². The highest BCUT2D eigenvalue weighted by Crippen LogP contribution is 2.00. The van der Waals surface area contributed by atoms with Crippen LogP contribution >= 0.6 is 0 Å². The number of carbonyl (C=O) groups is 2. The maximum Gasteiger partial charge on any atom is 0.328 e. The Hall–Kier alpha value is -1.84. The van der Waals surface area contributed by atoms with Crippen LogP contribution < -0.4 is 5.32 Å². The molecule has 0 unspecified atom stereocenters. The average Bonchev–Trinajstić information content (AvgIpc) is 2.29. The van der Waals surface area contributed by atoms with Gasteiger partial charge in [-0.25, -0.2) is 4.79 Å². The summed E-state index contributed by atoms with van der Waals surface area (Å²) in [5, 5.41) is 2.59. The van der Waals surface area contributed by atoms with E-state index in [9.17, 15) is 9.59 Å². The minimum Gasteiger partial charge on any atom is -0.461 e. The van der Waals surface area contributed by atoms with Crippen LogP contribution in [0, 0.1) is 0 Å². The first-order valence-electron chi connectivity index (χ1n) is 5.57. The molecule has 0 heterocycles. The minimum absolute atomic E-state index is 0.182. The first-order valence-corrected chi connectivity index (χ1v) is 5.57. The molecule has 1 atom stereocenters. The third kappa shape index (κ3) is 4.26. The van der Waals surface area contributed by atoms with E-state index in [1.54, 1.807) is 45.0 Å². The third-order valence-electron chi connectivity index (χ3n) is 2.09. The summed E-state index contributed by atoms with van der Waals surface area (Å²) < 4.78 is 5.00. The Kier molecular flexibility index (Phi) is 4.69. The van der Waals surface area contributed by atoms with Crippen LogP contribution in [-0.2, 0) is 9.53 Å². The van der Waals surface area contributed by atoms with Gasteiger partial charge in [-0.15, -0.1) is 0 Å². The van der Waals surface area contributed by atoms with Gasteiger partial charge in [0.2, 0.25) is 0 Å². The number of amides is 1. The molecule has 0 fully saturated rings. The molecule has 0 aromatic heterocycles. The molecule has 1 aromatic carbocycles. The summed E-state index contributed by atoms with van der Waals surface area (Å²) >= 11 is 0. The van der Waals surface area contributed by atoms with Crippen molar-refractivity contribution in [2.45, 2.75) is 32.9 Å². The van der Waals surface area contributed by atoms with Crippen LogP contribution in [0.1, 0.15) is 31.1 Å². The molecule has 1 aromatic rings. The van der Waals surface area contributed by atoms with Gasteiger partial charge in [-0.3, -0.25) is 4.79 Å². The molecule has 0 saturated heterocycles. The summed E-state index contributed by atoms with van der Waals surface area (Å²) in [4.78, 5) is 23.2. The summed E-state index contributed by atoms with van der Waals surface area (Å²) in [6.07, 6.45) is -0.182. The predicted octanol–water partition coefficient (Wildman–Crippen LogP) is 1.76. The first kappa shape index (κ1) is 13.2. The minimum atomic E-state index is -0.648. The average molecular weight is 235 g/mol. The first-order chi connectivity index (χ1) is 8.00. The number of carbonyl (C=O) groups excluding carboxylic acids is 2. The lowest BCUT2D eigenvalue weighted by Gasteiger charge is -2.15. The number of nitrogens with one attached hydrogen (secondary N) is 1. The van der Waals surface area contributed by atoms with Crippen LogP contribution in [0.25, 0.3) is 0 Å². The van der Waals surface area contributed by atoms with E-state index >= 15 is 0 Å². The highest BCUT2D eigenvalue weighted by atomic mass is 16.5. The molecular weight excluding hydrogens is 218 g/mol. The Morgan fingerprint density at radius 3 is 2.24 bits per heavy atom. The molecule has 1 rings (SSSR count). The quantitative estimate of drug-likeness (QED) is 0.809. The van der Waals surface area contributed by atoms with Crippen molar-refractivity contribution in [1.29, 1.82) is 0 Å². The molecule has 4 heteroatoms. The van der Waals surface area contributed by atoms with Gasteiger partial charge >= 0.3 is 5.97 Å². The van der Waals surface area contributed by atoms with Crippen LogP contribution in [0.4, 0.5) is 0 Å². The number of esters is 1. The van der Waals surface area contributed by atoms with Gasteiger partial charge in [-0.1, -0.05) is 18.2 Å². The van der Waals surface area contributed by atoms with Crippen molar-refractivity contribution >= 4 is 11.9 Å². The van der Waals surface area contributed by atoms with E-state index in [0.29, 0.717) is 5.56 Å². The number of hydrogen-bond donors (Lipinski definition) is 1. The summed E-state index contributed by atoms with van der Waals surface area (Å²) in [5.41, 5.74) is 0.525. The van der Waals surface area contributed by atoms with Gasteiger partial charge in [0.15, 0.2) is 0 Å². The summed E-state index contributed by atoms with van der Waals surface area (Å²) in [6.45, 7) is 5.14. The molecule has 0 bridgehead atoms. The van der Waals surface area contributed by atoms with Gasteiger partial charge in [-0.05, 0) is 32.9 Å². The largest absolute Gasteiger partial charge is 0.461 e. The van der Waals surface area contributed by atoms with E-state index in [-0.39, 0.29) is 12.0 Å². The van der Waals surface area contributed by atoms with Gasteiger partial charge in [0.25, 0.3) is 5.91 Å². The van der Waals surface area contributed by atoms with Crippen LogP contribution in [0.2, 0.25) is 0 Å². The van der Waals surface area contributed by atoms with Gasteiger partial charge < -0.3 is 10.1 Å². The second kappa shape index (κ2) is 6.03. The highest BCUT2D eigenvalue weighted by molar-refractivity contribution is 5.96. The van der Waals surface area contributed by atoms with E-state index in [2.05, 4.69) is 5.32 Å². The maximum absolute atomic E-state index is 11.7. The second-order valence-electron chi connectivity index (χ2n) is 4.05. The lowest BCUT2D eigenvalue weighted by molar-refractivity contribution is -0.149. The zero-order valence-corrected chi connectivity index (χ0v) is 10.3. The number of benzene rings is 1. The van der Waals surface area contributed by atoms with Crippen molar-refractivity contribution in [3.05, 3.63) is 35.9 Å². The summed E-state index contributed by atoms with van der Waals surface area (Å²) in [5.74, 6) is -0.705. The van der Waals surface area contributed by atoms with Gasteiger partial charge in [0.1, 0.15) is 6.04 Å². The maximum atomic E-state index is 11.7. The molecule has 92 valence electrons. The standard InChI is InChI=1S/C13H17NO3/c1-9(2)17-13(16)10(3)14-12(15)11-7-5-4-6-8-11/h4-10H,1-3H3,(H,14,15)/t10-/m0/s1. The van der Waals surface area contributed by atoms with E-state index in [1.807, 2.05) is 6.07 Å². The number of hydrogen-bond acceptors (Lipinski definition) is 3. The van der Waals surface area contributed by atoms with Crippen molar-refractivity contribution in [1.82, 2.24) is 5.32 Å². The highest BCUT2D eigenvalue weighted by Gasteiger charge is 2.18. The number of rotatable bonds is 4. The Labute approximate surface area is 101 Å². The monoisotopic (exact) mass is 235 g/mol. The zero-order chi connectivity index (χ0) is 12.8. The van der Waals surface area contributed by atoms with Gasteiger partial charge in [0.05, 0.1) is 6.10 Å². The SMILES string of the molecule is CC(C)OC(=O)[C@H](C)NC(=O)c1ccccc1. The van der Waals surface area contributed by atoms with Crippen LogP contribution in [0.3, 0.4) is 0 Å². The fourth-order valence-electron chi connectivity index (χ4n) is 1.26. The molecule has 0 aliphatic rings. The normalized spacial score (nSPS) is 12.0. The molecule has 0 aliphatic heterocycles. The molecule has 4 nitrogen and oxygen atoms in total. The topological polar surface area (TPSA) is 55.4 Å². The molecule has 0 aliphatic carbocycles. The van der Waals surface area contributed by atoms with Crippen LogP contribution in [0.15, 0.2) is 30.3 Å². The summed E-state index contributed by atoms with van der Waals surface area (Å²) in [6, 6.07) is 8.10. The van der Waals surface area contributed by atoms with E-state index in [0.717, 1.165) is 0 Å². The lowest BCUT2D eigenvalue weighted by atomic mass is 10.2. The Bertz CT molecular complexity index is 387. The molecule has 0 spiro atoms. The van der Waals surface area contributed by atoms with E-state index in [1.165, 1.54) is 0 Å². The fraction of sp³-hybridized carbons (Fsp3) is 0.385. The molecular formula is C13H17NO3. The van der Waals surface area contributed by atoms with Crippen LogP contribution in [0.5, 0.6) is 0 Å². The van der Waals surface area contributed by atoms with E-state index in [4.69, 9.17) is 4.74 Å². The lowest BCUT2D eigenvalue weighted by Crippen LogP contribution is -2.40. The van der Waals surface area contributed by atoms with Crippen LogP contribution in [-0.4, -0.2) is 24.0 Å². The van der Waals surface area contributed by atoms with Crippen molar-refractivity contribution in [3.8, 4) is 0 Å². The zero-order valence-electron chi connectivity index (χ0n) is 10.3. The number of ether oxygens (including phenoxy) is 1. The smallest absolute Gasteiger partial charge is 0.328 e. The van der Waals surface area contributed by atoms with Gasteiger partial charge in [0, 0.05) is 5.56 Å².